The van der Waals surface area contributed by atoms with Crippen molar-refractivity contribution >= 4 is 0 Å². The van der Waals surface area contributed by atoms with Gasteiger partial charge in [0, 0.05) is 18.2 Å². The normalized spacial score (nSPS) is 26.8. The molecule has 66 valence electrons. The van der Waals surface area contributed by atoms with Gasteiger partial charge in [0.25, 0.3) is 0 Å². The number of imidazole rings is 1. The zero-order valence-corrected chi connectivity index (χ0v) is 7.81. The van der Waals surface area contributed by atoms with Crippen molar-refractivity contribution in [2.75, 3.05) is 0 Å². The minimum Gasteiger partial charge on any atom is -0.348 e. The number of aromatic nitrogens is 2. The molecule has 0 fully saturated rings. The molecule has 0 amide bonds. The number of hydrogen-bond donors (Lipinski definition) is 2. The summed E-state index contributed by atoms with van der Waals surface area (Å²) in [5.41, 5.74) is 2.47. The van der Waals surface area contributed by atoms with Crippen LogP contribution in [0.2, 0.25) is 0 Å². The van der Waals surface area contributed by atoms with E-state index in [-0.39, 0.29) is 5.54 Å². The molecule has 0 aliphatic carbocycles. The Balaban J connectivity index is 2.45. The summed E-state index contributed by atoms with van der Waals surface area (Å²) in [5.74, 6) is 0. The van der Waals surface area contributed by atoms with Crippen LogP contribution < -0.4 is 5.32 Å². The SMILES string of the molecule is C[C@H]1Cc2[nH]cnc2C(C)(C)N1. The van der Waals surface area contributed by atoms with Crippen molar-refractivity contribution in [2.45, 2.75) is 38.8 Å². The molecule has 2 N–H and O–H groups in total. The van der Waals surface area contributed by atoms with Gasteiger partial charge in [0.05, 0.1) is 17.6 Å². The van der Waals surface area contributed by atoms with Gasteiger partial charge in [-0.25, -0.2) is 4.98 Å². The smallest absolute Gasteiger partial charge is 0.0926 e. The molecule has 2 heterocycles. The lowest BCUT2D eigenvalue weighted by atomic mass is 9.90. The summed E-state index contributed by atoms with van der Waals surface area (Å²) in [6.45, 7) is 6.54. The van der Waals surface area contributed by atoms with Crippen molar-refractivity contribution in [3.8, 4) is 0 Å². The minimum absolute atomic E-state index is 0.0208. The van der Waals surface area contributed by atoms with Gasteiger partial charge in [0.1, 0.15) is 0 Å². The number of rotatable bonds is 0. The molecule has 1 aliphatic heterocycles. The predicted octanol–water partition coefficient (Wildman–Crippen LogP) is 1.18. The fraction of sp³-hybridized carbons (Fsp3) is 0.667. The van der Waals surface area contributed by atoms with E-state index in [0.717, 1.165) is 6.42 Å². The highest BCUT2D eigenvalue weighted by molar-refractivity contribution is 5.24. The van der Waals surface area contributed by atoms with Crippen LogP contribution in [-0.4, -0.2) is 16.0 Å². The highest BCUT2D eigenvalue weighted by atomic mass is 15.1. The first-order valence-electron chi connectivity index (χ1n) is 4.40. The Bertz CT molecular complexity index is 288. The van der Waals surface area contributed by atoms with E-state index in [1.165, 1.54) is 11.4 Å². The van der Waals surface area contributed by atoms with E-state index < -0.39 is 0 Å². The number of aromatic amines is 1. The van der Waals surface area contributed by atoms with Gasteiger partial charge < -0.3 is 10.3 Å². The van der Waals surface area contributed by atoms with Crippen LogP contribution in [0.25, 0.3) is 0 Å². The molecular formula is C9H15N3. The molecule has 0 saturated heterocycles. The Morgan fingerprint density at radius 3 is 3.08 bits per heavy atom. The summed E-state index contributed by atoms with van der Waals surface area (Å²) in [4.78, 5) is 7.52. The average molecular weight is 165 g/mol. The van der Waals surface area contributed by atoms with E-state index in [1.54, 1.807) is 6.33 Å². The van der Waals surface area contributed by atoms with Crippen molar-refractivity contribution in [1.82, 2.24) is 15.3 Å². The summed E-state index contributed by atoms with van der Waals surface area (Å²) in [6.07, 6.45) is 2.84. The lowest BCUT2D eigenvalue weighted by molar-refractivity contribution is 0.316. The molecule has 1 aromatic rings. The Morgan fingerprint density at radius 2 is 2.33 bits per heavy atom. The van der Waals surface area contributed by atoms with Gasteiger partial charge in [-0.05, 0) is 20.8 Å². The maximum absolute atomic E-state index is 4.33. The molecule has 0 unspecified atom stereocenters. The van der Waals surface area contributed by atoms with Gasteiger partial charge in [-0.3, -0.25) is 0 Å². The molecule has 0 spiro atoms. The van der Waals surface area contributed by atoms with Gasteiger partial charge >= 0.3 is 0 Å². The summed E-state index contributed by atoms with van der Waals surface area (Å²) >= 11 is 0. The highest BCUT2D eigenvalue weighted by Crippen LogP contribution is 2.26. The van der Waals surface area contributed by atoms with E-state index in [9.17, 15) is 0 Å². The van der Waals surface area contributed by atoms with Crippen LogP contribution in [0.5, 0.6) is 0 Å². The summed E-state index contributed by atoms with van der Waals surface area (Å²) in [6, 6.07) is 0.535. The van der Waals surface area contributed by atoms with E-state index in [0.29, 0.717) is 6.04 Å². The van der Waals surface area contributed by atoms with Gasteiger partial charge in [-0.15, -0.1) is 0 Å². The second-order valence-corrected chi connectivity index (χ2v) is 4.10. The van der Waals surface area contributed by atoms with Crippen LogP contribution >= 0.6 is 0 Å². The standard InChI is InChI=1S/C9H15N3/c1-6-4-7-8(11-5-10-7)9(2,3)12-6/h5-6,12H,4H2,1-3H3,(H,10,11)/t6-/m0/s1. The quantitative estimate of drug-likeness (QED) is 0.606. The molecular weight excluding hydrogens is 150 g/mol. The third kappa shape index (κ3) is 1.05. The summed E-state index contributed by atoms with van der Waals surface area (Å²) in [7, 11) is 0. The molecule has 0 aromatic carbocycles. The lowest BCUT2D eigenvalue weighted by Crippen LogP contribution is -2.47. The van der Waals surface area contributed by atoms with Crippen LogP contribution in [0.15, 0.2) is 6.33 Å². The minimum atomic E-state index is 0.0208. The molecule has 1 atom stereocenters. The number of nitrogens with one attached hydrogen (secondary N) is 2. The predicted molar refractivity (Wildman–Crippen MR) is 47.9 cm³/mol. The number of H-pyrrole nitrogens is 1. The fourth-order valence-electron chi connectivity index (χ4n) is 2.06. The molecule has 0 radical (unpaired) electrons. The van der Waals surface area contributed by atoms with Crippen LogP contribution in [0.3, 0.4) is 0 Å². The third-order valence-electron chi connectivity index (χ3n) is 2.43. The molecule has 2 rings (SSSR count). The second kappa shape index (κ2) is 2.33. The molecule has 1 aromatic heterocycles. The molecule has 3 heteroatoms. The van der Waals surface area contributed by atoms with E-state index in [2.05, 4.69) is 36.1 Å². The van der Waals surface area contributed by atoms with E-state index in [1.807, 2.05) is 0 Å². The summed E-state index contributed by atoms with van der Waals surface area (Å²) in [5, 5.41) is 3.52. The highest BCUT2D eigenvalue weighted by Gasteiger charge is 2.32. The number of hydrogen-bond acceptors (Lipinski definition) is 2. The van der Waals surface area contributed by atoms with Crippen molar-refractivity contribution in [2.24, 2.45) is 0 Å². The molecule has 1 aliphatic rings. The maximum atomic E-state index is 4.33. The molecule has 0 bridgehead atoms. The second-order valence-electron chi connectivity index (χ2n) is 4.10. The van der Waals surface area contributed by atoms with Crippen molar-refractivity contribution in [1.29, 1.82) is 0 Å². The number of fused-ring (bicyclic) bond motifs is 1. The van der Waals surface area contributed by atoms with Gasteiger partial charge in [-0.2, -0.15) is 0 Å². The first kappa shape index (κ1) is 7.80. The first-order valence-corrected chi connectivity index (χ1v) is 4.40. The lowest BCUT2D eigenvalue weighted by Gasteiger charge is -2.34. The maximum Gasteiger partial charge on any atom is 0.0926 e. The number of nitrogens with zero attached hydrogens (tertiary/aromatic N) is 1. The molecule has 0 saturated carbocycles. The van der Waals surface area contributed by atoms with Gasteiger partial charge in [0.2, 0.25) is 0 Å². The Kier molecular flexibility index (Phi) is 1.51. The zero-order valence-electron chi connectivity index (χ0n) is 7.81. The molecule has 3 nitrogen and oxygen atoms in total. The fourth-order valence-corrected chi connectivity index (χ4v) is 2.06. The van der Waals surface area contributed by atoms with E-state index >= 15 is 0 Å². The summed E-state index contributed by atoms with van der Waals surface area (Å²) < 4.78 is 0. The van der Waals surface area contributed by atoms with Crippen molar-refractivity contribution in [3.63, 3.8) is 0 Å². The topological polar surface area (TPSA) is 40.7 Å². The Morgan fingerprint density at radius 1 is 1.58 bits per heavy atom. The average Bonchev–Trinajstić information content (AvgIpc) is 2.32. The van der Waals surface area contributed by atoms with Crippen LogP contribution in [0, 0.1) is 0 Å². The van der Waals surface area contributed by atoms with E-state index in [4.69, 9.17) is 0 Å². The Labute approximate surface area is 72.6 Å². The van der Waals surface area contributed by atoms with Crippen LogP contribution in [0.4, 0.5) is 0 Å². The van der Waals surface area contributed by atoms with Crippen LogP contribution in [0.1, 0.15) is 32.2 Å². The van der Waals surface area contributed by atoms with Crippen molar-refractivity contribution in [3.05, 3.63) is 17.7 Å². The monoisotopic (exact) mass is 165 g/mol. The largest absolute Gasteiger partial charge is 0.348 e. The van der Waals surface area contributed by atoms with Gasteiger partial charge in [0.15, 0.2) is 0 Å². The van der Waals surface area contributed by atoms with Gasteiger partial charge in [-0.1, -0.05) is 0 Å². The van der Waals surface area contributed by atoms with Crippen molar-refractivity contribution < 1.29 is 0 Å². The zero-order chi connectivity index (χ0) is 8.77. The Hall–Kier alpha value is -0.830. The first-order chi connectivity index (χ1) is 5.59. The third-order valence-corrected chi connectivity index (χ3v) is 2.43. The molecule has 12 heavy (non-hydrogen) atoms. The van der Waals surface area contributed by atoms with Crippen LogP contribution in [-0.2, 0) is 12.0 Å².